The van der Waals surface area contributed by atoms with Crippen LogP contribution in [-0.4, -0.2) is 25.2 Å². The number of carbonyl (C=O) groups is 2. The first-order chi connectivity index (χ1) is 22.1. The third kappa shape index (κ3) is 5.47. The van der Waals surface area contributed by atoms with Crippen LogP contribution in [0.3, 0.4) is 0 Å². The molecule has 0 amide bonds. The summed E-state index contributed by atoms with van der Waals surface area (Å²) in [6.45, 7) is -0.884. The molecule has 0 radical (unpaired) electrons. The molecule has 0 spiro atoms. The Morgan fingerprint density at radius 2 is 0.889 bits per heavy atom. The van der Waals surface area contributed by atoms with Crippen molar-refractivity contribution in [3.8, 4) is 23.0 Å². The van der Waals surface area contributed by atoms with Crippen LogP contribution >= 0.6 is 0 Å². The number of hydrogen-bond acceptors (Lipinski definition) is 6. The Hall–Kier alpha value is -5.95. The van der Waals surface area contributed by atoms with E-state index >= 15 is 4.39 Å². The van der Waals surface area contributed by atoms with Crippen LogP contribution in [0.4, 0.5) is 4.39 Å². The molecule has 0 aliphatic rings. The van der Waals surface area contributed by atoms with Crippen LogP contribution in [0.15, 0.2) is 127 Å². The zero-order valence-electron chi connectivity index (χ0n) is 23.9. The summed E-state index contributed by atoms with van der Waals surface area (Å²) in [5.74, 6) is -0.546. The average Bonchev–Trinajstić information content (AvgIpc) is 3.07. The van der Waals surface area contributed by atoms with E-state index in [2.05, 4.69) is 0 Å². The molecule has 45 heavy (non-hydrogen) atoms. The average molecular weight is 597 g/mol. The Morgan fingerprint density at radius 3 is 1.47 bits per heavy atom. The van der Waals surface area contributed by atoms with Crippen LogP contribution in [0.25, 0.3) is 43.1 Å². The number of benzene rings is 7. The maximum absolute atomic E-state index is 15.5. The highest BCUT2D eigenvalue weighted by Gasteiger charge is 2.21. The van der Waals surface area contributed by atoms with Gasteiger partial charge in [0, 0.05) is 26.9 Å². The van der Waals surface area contributed by atoms with E-state index in [-0.39, 0.29) is 11.1 Å². The van der Waals surface area contributed by atoms with E-state index in [1.54, 1.807) is 54.6 Å². The molecule has 0 aliphatic heterocycles. The molecule has 0 N–H and O–H groups in total. The first kappa shape index (κ1) is 27.9. The molecule has 7 aromatic carbocycles. The van der Waals surface area contributed by atoms with Gasteiger partial charge in [-0.15, -0.1) is 0 Å². The van der Waals surface area contributed by atoms with Crippen molar-refractivity contribution >= 4 is 55.0 Å². The third-order valence-corrected chi connectivity index (χ3v) is 7.52. The summed E-state index contributed by atoms with van der Waals surface area (Å²) >= 11 is 0. The van der Waals surface area contributed by atoms with Gasteiger partial charge in [0.1, 0.15) is 28.8 Å². The molecule has 0 saturated carbocycles. The van der Waals surface area contributed by atoms with Crippen LogP contribution < -0.4 is 18.9 Å². The fourth-order valence-electron chi connectivity index (χ4n) is 5.54. The first-order valence-electron chi connectivity index (χ1n) is 14.3. The summed E-state index contributed by atoms with van der Waals surface area (Å²) in [7, 11) is 0. The van der Waals surface area contributed by atoms with E-state index in [9.17, 15) is 9.59 Å². The lowest BCUT2D eigenvalue weighted by Gasteiger charge is -2.18. The lowest BCUT2D eigenvalue weighted by Crippen LogP contribution is -2.19. The van der Waals surface area contributed by atoms with Gasteiger partial charge in [-0.05, 0) is 29.0 Å². The van der Waals surface area contributed by atoms with Crippen LogP contribution in [0.1, 0.15) is 0 Å². The number of hydrogen-bond donors (Lipinski definition) is 0. The van der Waals surface area contributed by atoms with Crippen LogP contribution in [0.5, 0.6) is 23.0 Å². The van der Waals surface area contributed by atoms with E-state index < -0.39 is 31.0 Å². The first-order valence-corrected chi connectivity index (χ1v) is 14.3. The van der Waals surface area contributed by atoms with Gasteiger partial charge in [0.05, 0.1) is 5.39 Å². The van der Waals surface area contributed by atoms with E-state index in [1.807, 2.05) is 66.7 Å². The number of halogens is 1. The van der Waals surface area contributed by atoms with Crippen molar-refractivity contribution in [3.05, 3.63) is 133 Å². The van der Waals surface area contributed by atoms with Crippen molar-refractivity contribution in [2.24, 2.45) is 0 Å². The summed E-state index contributed by atoms with van der Waals surface area (Å²) in [5, 5.41) is 5.03. The van der Waals surface area contributed by atoms with Gasteiger partial charge >= 0.3 is 11.9 Å². The van der Waals surface area contributed by atoms with Crippen molar-refractivity contribution < 1.29 is 32.9 Å². The number of esters is 2. The van der Waals surface area contributed by atoms with Gasteiger partial charge in [0.25, 0.3) is 0 Å². The Kier molecular flexibility index (Phi) is 7.41. The largest absolute Gasteiger partial charge is 0.481 e. The molecule has 6 nitrogen and oxygen atoms in total. The Balaban J connectivity index is 1.17. The predicted octanol–water partition coefficient (Wildman–Crippen LogP) is 8.41. The zero-order chi connectivity index (χ0) is 30.8. The zero-order valence-corrected chi connectivity index (χ0v) is 23.9. The molecule has 0 aromatic heterocycles. The number of fused-ring (bicyclic) bond motifs is 4. The molecule has 0 unspecified atom stereocenters. The summed E-state index contributed by atoms with van der Waals surface area (Å²) in [6.07, 6.45) is 0. The standard InChI is InChI=1S/C38H25FO6/c39-31-19-9-18-30-36(31)38(43-23-35(41)45-33-21-8-13-25-11-2-4-15-27(25)33)29-17-6-5-16-28(29)37(30)42-22-34(40)44-32-20-7-12-24-10-1-3-14-26(24)32/h1-21H,22-23H2. The highest BCUT2D eigenvalue weighted by Crippen LogP contribution is 2.44. The van der Waals surface area contributed by atoms with Gasteiger partial charge in [-0.1, -0.05) is 109 Å². The molecule has 0 heterocycles. The molecule has 0 aliphatic carbocycles. The fraction of sp³-hybridized carbons (Fsp3) is 0.0526. The number of rotatable bonds is 8. The molecule has 7 aromatic rings. The summed E-state index contributed by atoms with van der Waals surface area (Å²) in [5.41, 5.74) is 0. The smallest absolute Gasteiger partial charge is 0.349 e. The number of ether oxygens (including phenoxy) is 4. The van der Waals surface area contributed by atoms with Gasteiger partial charge in [-0.2, -0.15) is 0 Å². The highest BCUT2D eigenvalue weighted by atomic mass is 19.1. The lowest BCUT2D eigenvalue weighted by atomic mass is 10.00. The van der Waals surface area contributed by atoms with E-state index in [1.165, 1.54) is 6.07 Å². The Labute approximate surface area is 257 Å². The van der Waals surface area contributed by atoms with Crippen molar-refractivity contribution in [3.63, 3.8) is 0 Å². The Bertz CT molecular complexity index is 2230. The second-order valence-corrected chi connectivity index (χ2v) is 10.3. The quantitative estimate of drug-likeness (QED) is 0.0997. The second kappa shape index (κ2) is 12.0. The monoisotopic (exact) mass is 596 g/mol. The molecule has 220 valence electrons. The molecule has 0 atom stereocenters. The molecule has 7 heteroatoms. The van der Waals surface area contributed by atoms with Crippen molar-refractivity contribution in [2.45, 2.75) is 0 Å². The fourth-order valence-corrected chi connectivity index (χ4v) is 5.54. The molecular weight excluding hydrogens is 571 g/mol. The predicted molar refractivity (Wildman–Crippen MR) is 172 cm³/mol. The van der Waals surface area contributed by atoms with Crippen molar-refractivity contribution in [1.82, 2.24) is 0 Å². The van der Waals surface area contributed by atoms with Gasteiger partial charge in [0.2, 0.25) is 0 Å². The van der Waals surface area contributed by atoms with Gasteiger partial charge < -0.3 is 18.9 Å². The van der Waals surface area contributed by atoms with Gasteiger partial charge in [-0.25, -0.2) is 14.0 Å². The highest BCUT2D eigenvalue weighted by molar-refractivity contribution is 6.11. The van der Waals surface area contributed by atoms with Crippen molar-refractivity contribution in [2.75, 3.05) is 13.2 Å². The molecule has 0 saturated heterocycles. The maximum Gasteiger partial charge on any atom is 0.349 e. The van der Waals surface area contributed by atoms with Gasteiger partial charge in [-0.3, -0.25) is 0 Å². The Morgan fingerprint density at radius 1 is 0.467 bits per heavy atom. The van der Waals surface area contributed by atoms with Crippen LogP contribution in [0.2, 0.25) is 0 Å². The minimum Gasteiger partial charge on any atom is -0.481 e. The van der Waals surface area contributed by atoms with Gasteiger partial charge in [0.15, 0.2) is 13.2 Å². The SMILES string of the molecule is O=C(COc1c2ccccc2c(OCC(=O)Oc2cccc3ccccc23)c2c(F)cccc12)Oc1cccc2ccccc12. The van der Waals surface area contributed by atoms with E-state index in [0.29, 0.717) is 33.4 Å². The summed E-state index contributed by atoms with van der Waals surface area (Å²) < 4.78 is 38.8. The summed E-state index contributed by atoms with van der Waals surface area (Å²) in [6, 6.07) is 37.7. The molecule has 7 rings (SSSR count). The molecule has 0 bridgehead atoms. The normalized spacial score (nSPS) is 11.1. The number of carbonyl (C=O) groups excluding carboxylic acids is 2. The minimum absolute atomic E-state index is 0.117. The lowest BCUT2D eigenvalue weighted by molar-refractivity contribution is -0.137. The third-order valence-electron chi connectivity index (χ3n) is 7.52. The van der Waals surface area contributed by atoms with E-state index in [0.717, 1.165) is 21.5 Å². The molecular formula is C38H25FO6. The van der Waals surface area contributed by atoms with Crippen LogP contribution in [-0.2, 0) is 9.59 Å². The second-order valence-electron chi connectivity index (χ2n) is 10.3. The maximum atomic E-state index is 15.5. The van der Waals surface area contributed by atoms with E-state index in [4.69, 9.17) is 18.9 Å². The summed E-state index contributed by atoms with van der Waals surface area (Å²) in [4.78, 5) is 25.9. The minimum atomic E-state index is -0.642. The topological polar surface area (TPSA) is 71.1 Å². The molecule has 0 fully saturated rings. The van der Waals surface area contributed by atoms with Crippen LogP contribution in [0, 0.1) is 5.82 Å². The van der Waals surface area contributed by atoms with Crippen molar-refractivity contribution in [1.29, 1.82) is 0 Å².